The van der Waals surface area contributed by atoms with Crippen LogP contribution in [0.2, 0.25) is 0 Å². The third kappa shape index (κ3) is 2.20. The van der Waals surface area contributed by atoms with Crippen LogP contribution in [0, 0.1) is 10.1 Å². The Labute approximate surface area is 97.4 Å². The molecule has 1 aromatic rings. The van der Waals surface area contributed by atoms with Gasteiger partial charge in [0.05, 0.1) is 10.5 Å². The molecule has 2 rings (SSSR count). The minimum atomic E-state index is -1.16. The van der Waals surface area contributed by atoms with E-state index in [1.165, 1.54) is 18.2 Å². The van der Waals surface area contributed by atoms with E-state index in [-0.39, 0.29) is 23.0 Å². The minimum absolute atomic E-state index is 0.0499. The van der Waals surface area contributed by atoms with Crippen molar-refractivity contribution in [1.82, 2.24) is 0 Å². The van der Waals surface area contributed by atoms with E-state index in [9.17, 15) is 14.9 Å². The van der Waals surface area contributed by atoms with Crippen molar-refractivity contribution in [2.75, 3.05) is 5.32 Å². The molecule has 1 aliphatic carbocycles. The van der Waals surface area contributed by atoms with Crippen LogP contribution in [0.1, 0.15) is 29.6 Å². The molecule has 6 nitrogen and oxygen atoms in total. The molecule has 6 heteroatoms. The molecule has 0 radical (unpaired) electrons. The van der Waals surface area contributed by atoms with Crippen LogP contribution in [-0.4, -0.2) is 22.0 Å². The molecule has 1 saturated carbocycles. The van der Waals surface area contributed by atoms with Crippen molar-refractivity contribution in [3.8, 4) is 0 Å². The standard InChI is InChI=1S/C11H12N2O4/c14-11(15)8-5-2-6-9(13(16)17)10(8)12-7-3-1-4-7/h2,5-7,12H,1,3-4H2,(H,14,15). The average molecular weight is 236 g/mol. The lowest BCUT2D eigenvalue weighted by atomic mass is 9.92. The molecule has 0 unspecified atom stereocenters. The topological polar surface area (TPSA) is 92.5 Å². The molecule has 0 aliphatic heterocycles. The van der Waals surface area contributed by atoms with Crippen molar-refractivity contribution in [2.45, 2.75) is 25.3 Å². The van der Waals surface area contributed by atoms with Gasteiger partial charge in [-0.25, -0.2) is 4.79 Å². The van der Waals surface area contributed by atoms with Gasteiger partial charge in [-0.1, -0.05) is 6.07 Å². The molecule has 0 spiro atoms. The zero-order valence-corrected chi connectivity index (χ0v) is 9.05. The number of nitrogens with one attached hydrogen (secondary N) is 1. The fraction of sp³-hybridized carbons (Fsp3) is 0.364. The van der Waals surface area contributed by atoms with Gasteiger partial charge < -0.3 is 10.4 Å². The van der Waals surface area contributed by atoms with Crippen LogP contribution >= 0.6 is 0 Å². The first-order valence-electron chi connectivity index (χ1n) is 5.37. The summed E-state index contributed by atoms with van der Waals surface area (Å²) in [6, 6.07) is 4.21. The fourth-order valence-corrected chi connectivity index (χ4v) is 1.78. The monoisotopic (exact) mass is 236 g/mol. The summed E-state index contributed by atoms with van der Waals surface area (Å²) in [6.45, 7) is 0. The second-order valence-electron chi connectivity index (χ2n) is 4.03. The Balaban J connectivity index is 2.41. The van der Waals surface area contributed by atoms with Crippen molar-refractivity contribution in [3.05, 3.63) is 33.9 Å². The van der Waals surface area contributed by atoms with Gasteiger partial charge in [-0.3, -0.25) is 10.1 Å². The largest absolute Gasteiger partial charge is 0.478 e. The number of anilines is 1. The number of nitro benzene ring substituents is 1. The molecule has 0 amide bonds. The first-order chi connectivity index (χ1) is 8.09. The number of rotatable bonds is 4. The lowest BCUT2D eigenvalue weighted by Crippen LogP contribution is -2.28. The van der Waals surface area contributed by atoms with Crippen LogP contribution in [0.3, 0.4) is 0 Å². The number of nitrogens with zero attached hydrogens (tertiary/aromatic N) is 1. The highest BCUT2D eigenvalue weighted by Crippen LogP contribution is 2.32. The Bertz CT molecular complexity index is 436. The highest BCUT2D eigenvalue weighted by atomic mass is 16.6. The fourth-order valence-electron chi connectivity index (χ4n) is 1.78. The van der Waals surface area contributed by atoms with Gasteiger partial charge in [-0.15, -0.1) is 0 Å². The van der Waals surface area contributed by atoms with Crippen molar-refractivity contribution >= 4 is 17.3 Å². The van der Waals surface area contributed by atoms with Gasteiger partial charge in [0.25, 0.3) is 5.69 Å². The summed E-state index contributed by atoms with van der Waals surface area (Å²) in [5, 5.41) is 22.8. The van der Waals surface area contributed by atoms with E-state index in [1.54, 1.807) is 0 Å². The highest BCUT2D eigenvalue weighted by molar-refractivity contribution is 5.96. The highest BCUT2D eigenvalue weighted by Gasteiger charge is 2.26. The normalized spacial score (nSPS) is 15.1. The molecular weight excluding hydrogens is 224 g/mol. The van der Waals surface area contributed by atoms with E-state index in [1.807, 2.05) is 0 Å². The second kappa shape index (κ2) is 4.40. The SMILES string of the molecule is O=C(O)c1cccc([N+](=O)[O-])c1NC1CCC1. The summed E-state index contributed by atoms with van der Waals surface area (Å²) in [5.74, 6) is -1.16. The van der Waals surface area contributed by atoms with Crippen molar-refractivity contribution in [2.24, 2.45) is 0 Å². The number of hydrogen-bond donors (Lipinski definition) is 2. The lowest BCUT2D eigenvalue weighted by molar-refractivity contribution is -0.384. The van der Waals surface area contributed by atoms with Gasteiger partial charge in [-0.2, -0.15) is 0 Å². The zero-order valence-electron chi connectivity index (χ0n) is 9.05. The van der Waals surface area contributed by atoms with Crippen LogP contribution < -0.4 is 5.32 Å². The minimum Gasteiger partial charge on any atom is -0.478 e. The quantitative estimate of drug-likeness (QED) is 0.617. The molecule has 0 heterocycles. The van der Waals surface area contributed by atoms with Crippen molar-refractivity contribution in [3.63, 3.8) is 0 Å². The van der Waals surface area contributed by atoms with Gasteiger partial charge in [0.2, 0.25) is 0 Å². The van der Waals surface area contributed by atoms with E-state index in [2.05, 4.69) is 5.32 Å². The van der Waals surface area contributed by atoms with Crippen molar-refractivity contribution < 1.29 is 14.8 Å². The molecule has 0 atom stereocenters. The predicted octanol–water partition coefficient (Wildman–Crippen LogP) is 2.26. The number of benzene rings is 1. The van der Waals surface area contributed by atoms with Crippen LogP contribution in [-0.2, 0) is 0 Å². The molecule has 1 aromatic carbocycles. The Morgan fingerprint density at radius 1 is 1.47 bits per heavy atom. The van der Waals surface area contributed by atoms with Gasteiger partial charge in [0, 0.05) is 12.1 Å². The van der Waals surface area contributed by atoms with Crippen LogP contribution in [0.25, 0.3) is 0 Å². The van der Waals surface area contributed by atoms with Crippen LogP contribution in [0.5, 0.6) is 0 Å². The van der Waals surface area contributed by atoms with Gasteiger partial charge in [-0.05, 0) is 25.3 Å². The zero-order chi connectivity index (χ0) is 12.4. The third-order valence-electron chi connectivity index (χ3n) is 2.92. The summed E-state index contributed by atoms with van der Waals surface area (Å²) < 4.78 is 0. The molecule has 17 heavy (non-hydrogen) atoms. The molecule has 1 fully saturated rings. The molecule has 1 aliphatic rings. The van der Waals surface area contributed by atoms with Crippen LogP contribution in [0.15, 0.2) is 18.2 Å². The number of hydrogen-bond acceptors (Lipinski definition) is 4. The summed E-state index contributed by atoms with van der Waals surface area (Å²) in [4.78, 5) is 21.3. The maximum absolute atomic E-state index is 11.0. The second-order valence-corrected chi connectivity index (χ2v) is 4.03. The first-order valence-corrected chi connectivity index (χ1v) is 5.37. The van der Waals surface area contributed by atoms with E-state index >= 15 is 0 Å². The molecule has 0 saturated heterocycles. The van der Waals surface area contributed by atoms with E-state index in [0.717, 1.165) is 19.3 Å². The number of aromatic carboxylic acids is 1. The number of carboxylic acids is 1. The van der Waals surface area contributed by atoms with Gasteiger partial charge >= 0.3 is 5.97 Å². The third-order valence-corrected chi connectivity index (χ3v) is 2.92. The number of nitro groups is 1. The summed E-state index contributed by atoms with van der Waals surface area (Å²) in [6.07, 6.45) is 2.91. The molecular formula is C11H12N2O4. The van der Waals surface area contributed by atoms with Gasteiger partial charge in [0.15, 0.2) is 0 Å². The molecule has 90 valence electrons. The average Bonchev–Trinajstić information content (AvgIpc) is 2.22. The number of carbonyl (C=O) groups is 1. The smallest absolute Gasteiger partial charge is 0.338 e. The maximum Gasteiger partial charge on any atom is 0.338 e. The van der Waals surface area contributed by atoms with E-state index in [0.29, 0.717) is 0 Å². The molecule has 2 N–H and O–H groups in total. The summed E-state index contributed by atoms with van der Waals surface area (Å²) >= 11 is 0. The van der Waals surface area contributed by atoms with Gasteiger partial charge in [0.1, 0.15) is 5.69 Å². The number of carboxylic acid groups (broad SMARTS) is 1. The maximum atomic E-state index is 11.0. The Kier molecular flexibility index (Phi) is 2.95. The summed E-state index contributed by atoms with van der Waals surface area (Å²) in [7, 11) is 0. The van der Waals surface area contributed by atoms with Crippen LogP contribution in [0.4, 0.5) is 11.4 Å². The Hall–Kier alpha value is -2.11. The lowest BCUT2D eigenvalue weighted by Gasteiger charge is -2.27. The number of para-hydroxylation sites is 1. The molecule has 0 bridgehead atoms. The Morgan fingerprint density at radius 3 is 2.65 bits per heavy atom. The van der Waals surface area contributed by atoms with E-state index < -0.39 is 10.9 Å². The van der Waals surface area contributed by atoms with E-state index in [4.69, 9.17) is 5.11 Å². The predicted molar refractivity (Wildman–Crippen MR) is 61.3 cm³/mol. The first kappa shape index (κ1) is 11.4. The summed E-state index contributed by atoms with van der Waals surface area (Å²) in [5.41, 5.74) is -0.113. The molecule has 0 aromatic heterocycles. The Morgan fingerprint density at radius 2 is 2.18 bits per heavy atom. The van der Waals surface area contributed by atoms with Crippen molar-refractivity contribution in [1.29, 1.82) is 0 Å².